The molecule has 1 aromatic heterocycles. The molecule has 6 heteroatoms. The van der Waals surface area contributed by atoms with E-state index in [4.69, 9.17) is 34.8 Å². The predicted octanol–water partition coefficient (Wildman–Crippen LogP) is 4.29. The summed E-state index contributed by atoms with van der Waals surface area (Å²) < 4.78 is 0. The molecule has 2 rings (SSSR count). The van der Waals surface area contributed by atoms with Crippen molar-refractivity contribution in [1.29, 1.82) is 0 Å². The van der Waals surface area contributed by atoms with Crippen LogP contribution in [0.5, 0.6) is 0 Å². The second kappa shape index (κ2) is 5.57. The molecule has 0 radical (unpaired) electrons. The summed E-state index contributed by atoms with van der Waals surface area (Å²) in [6, 6.07) is 7.95. The van der Waals surface area contributed by atoms with Crippen molar-refractivity contribution < 1.29 is 4.79 Å². The molecule has 92 valence electrons. The van der Waals surface area contributed by atoms with Gasteiger partial charge in [0, 0.05) is 11.2 Å². The molecule has 1 heterocycles. The Morgan fingerprint density at radius 1 is 1.11 bits per heavy atom. The largest absolute Gasteiger partial charge is 0.321 e. The molecular weight excluding hydrogens is 295 g/mol. The Bertz CT molecular complexity index is 584. The SMILES string of the molecule is O=C(Nc1ccc(Cl)cc1Cl)c1ccc(Cl)nc1. The molecule has 1 N–H and O–H groups in total. The molecule has 0 fully saturated rings. The van der Waals surface area contributed by atoms with Crippen molar-refractivity contribution in [3.8, 4) is 0 Å². The van der Waals surface area contributed by atoms with Gasteiger partial charge in [0.1, 0.15) is 5.15 Å². The number of halogens is 3. The molecule has 3 nitrogen and oxygen atoms in total. The normalized spacial score (nSPS) is 10.2. The fourth-order valence-corrected chi connectivity index (χ4v) is 1.86. The van der Waals surface area contributed by atoms with Crippen LogP contribution in [0, 0.1) is 0 Å². The highest BCUT2D eigenvalue weighted by Gasteiger charge is 2.09. The molecule has 0 atom stereocenters. The Labute approximate surface area is 119 Å². The van der Waals surface area contributed by atoms with E-state index in [1.165, 1.54) is 6.20 Å². The first kappa shape index (κ1) is 13.1. The van der Waals surface area contributed by atoms with E-state index >= 15 is 0 Å². The van der Waals surface area contributed by atoms with Gasteiger partial charge < -0.3 is 5.32 Å². The number of hydrogen-bond acceptors (Lipinski definition) is 2. The van der Waals surface area contributed by atoms with Gasteiger partial charge in [-0.2, -0.15) is 0 Å². The van der Waals surface area contributed by atoms with Gasteiger partial charge in [-0.3, -0.25) is 4.79 Å². The van der Waals surface area contributed by atoms with Crippen molar-refractivity contribution in [1.82, 2.24) is 4.98 Å². The lowest BCUT2D eigenvalue weighted by Crippen LogP contribution is -2.12. The number of amides is 1. The van der Waals surface area contributed by atoms with Gasteiger partial charge in [0.25, 0.3) is 5.91 Å². The Balaban J connectivity index is 2.18. The van der Waals surface area contributed by atoms with Gasteiger partial charge >= 0.3 is 0 Å². The molecule has 0 spiro atoms. The second-order valence-corrected chi connectivity index (χ2v) is 4.68. The standard InChI is InChI=1S/C12H7Cl3N2O/c13-8-2-3-10(9(14)5-8)17-12(18)7-1-4-11(15)16-6-7/h1-6H,(H,17,18). The van der Waals surface area contributed by atoms with Crippen LogP contribution in [0.4, 0.5) is 5.69 Å². The summed E-state index contributed by atoms with van der Waals surface area (Å²) >= 11 is 17.4. The first-order valence-electron chi connectivity index (χ1n) is 4.94. The van der Waals surface area contributed by atoms with Gasteiger partial charge in [-0.1, -0.05) is 34.8 Å². The Hall–Kier alpha value is -1.29. The second-order valence-electron chi connectivity index (χ2n) is 3.45. The van der Waals surface area contributed by atoms with Crippen molar-refractivity contribution in [2.45, 2.75) is 0 Å². The lowest BCUT2D eigenvalue weighted by molar-refractivity contribution is 0.102. The van der Waals surface area contributed by atoms with Gasteiger partial charge in [0.2, 0.25) is 0 Å². The highest BCUT2D eigenvalue weighted by Crippen LogP contribution is 2.25. The van der Waals surface area contributed by atoms with E-state index in [1.807, 2.05) is 0 Å². The summed E-state index contributed by atoms with van der Waals surface area (Å²) in [5.74, 6) is -0.316. The monoisotopic (exact) mass is 300 g/mol. The fourth-order valence-electron chi connectivity index (χ4n) is 1.30. The number of nitrogens with zero attached hydrogens (tertiary/aromatic N) is 1. The van der Waals surface area contributed by atoms with E-state index in [0.717, 1.165) is 0 Å². The third-order valence-electron chi connectivity index (χ3n) is 2.17. The molecule has 0 aliphatic carbocycles. The van der Waals surface area contributed by atoms with Crippen molar-refractivity contribution >= 4 is 46.4 Å². The van der Waals surface area contributed by atoms with Gasteiger partial charge in [-0.25, -0.2) is 4.98 Å². The number of benzene rings is 1. The lowest BCUT2D eigenvalue weighted by Gasteiger charge is -2.07. The molecule has 0 saturated carbocycles. The number of pyridine rings is 1. The number of hydrogen-bond donors (Lipinski definition) is 1. The zero-order valence-corrected chi connectivity index (χ0v) is 11.2. The van der Waals surface area contributed by atoms with E-state index < -0.39 is 0 Å². The maximum atomic E-state index is 11.9. The van der Waals surface area contributed by atoms with Crippen LogP contribution in [-0.4, -0.2) is 10.9 Å². The van der Waals surface area contributed by atoms with Crippen molar-refractivity contribution in [2.75, 3.05) is 5.32 Å². The Kier molecular flexibility index (Phi) is 4.07. The average Bonchev–Trinajstić information content (AvgIpc) is 2.33. The Morgan fingerprint density at radius 3 is 2.50 bits per heavy atom. The quantitative estimate of drug-likeness (QED) is 0.841. The topological polar surface area (TPSA) is 42.0 Å². The van der Waals surface area contributed by atoms with Crippen LogP contribution >= 0.6 is 34.8 Å². The number of carbonyl (C=O) groups excluding carboxylic acids is 1. The van der Waals surface area contributed by atoms with Crippen LogP contribution in [-0.2, 0) is 0 Å². The van der Waals surface area contributed by atoms with Crippen molar-refractivity contribution in [3.05, 3.63) is 57.3 Å². The zero-order valence-electron chi connectivity index (χ0n) is 8.95. The summed E-state index contributed by atoms with van der Waals surface area (Å²) in [7, 11) is 0. The number of aromatic nitrogens is 1. The highest BCUT2D eigenvalue weighted by atomic mass is 35.5. The van der Waals surface area contributed by atoms with Crippen LogP contribution in [0.3, 0.4) is 0 Å². The summed E-state index contributed by atoms with van der Waals surface area (Å²) in [6.07, 6.45) is 1.39. The number of rotatable bonds is 2. The average molecular weight is 302 g/mol. The Morgan fingerprint density at radius 2 is 1.89 bits per heavy atom. The molecule has 1 amide bonds. The molecule has 0 aliphatic rings. The van der Waals surface area contributed by atoms with Gasteiger partial charge in [0.15, 0.2) is 0 Å². The fraction of sp³-hybridized carbons (Fsp3) is 0. The van der Waals surface area contributed by atoms with Crippen molar-refractivity contribution in [3.63, 3.8) is 0 Å². The van der Waals surface area contributed by atoms with E-state index in [1.54, 1.807) is 30.3 Å². The minimum Gasteiger partial charge on any atom is -0.321 e. The summed E-state index contributed by atoms with van der Waals surface area (Å²) in [5, 5.41) is 3.87. The molecular formula is C12H7Cl3N2O. The highest BCUT2D eigenvalue weighted by molar-refractivity contribution is 6.36. The number of nitrogens with one attached hydrogen (secondary N) is 1. The molecule has 2 aromatic rings. The minimum atomic E-state index is -0.316. The van der Waals surface area contributed by atoms with Crippen LogP contribution in [0.2, 0.25) is 15.2 Å². The molecule has 0 unspecified atom stereocenters. The van der Waals surface area contributed by atoms with E-state index in [0.29, 0.717) is 26.4 Å². The predicted molar refractivity (Wildman–Crippen MR) is 73.7 cm³/mol. The maximum Gasteiger partial charge on any atom is 0.257 e. The van der Waals surface area contributed by atoms with Gasteiger partial charge in [-0.15, -0.1) is 0 Å². The first-order chi connectivity index (χ1) is 8.56. The molecule has 18 heavy (non-hydrogen) atoms. The van der Waals surface area contributed by atoms with E-state index in [2.05, 4.69) is 10.3 Å². The number of carbonyl (C=O) groups is 1. The number of anilines is 1. The van der Waals surface area contributed by atoms with E-state index in [9.17, 15) is 4.79 Å². The zero-order chi connectivity index (χ0) is 13.1. The van der Waals surface area contributed by atoms with Crippen molar-refractivity contribution in [2.24, 2.45) is 0 Å². The molecule has 0 aliphatic heterocycles. The maximum absolute atomic E-state index is 11.9. The van der Waals surface area contributed by atoms with E-state index in [-0.39, 0.29) is 5.91 Å². The third kappa shape index (κ3) is 3.13. The van der Waals surface area contributed by atoms with Gasteiger partial charge in [-0.05, 0) is 30.3 Å². The van der Waals surface area contributed by atoms with Gasteiger partial charge in [0.05, 0.1) is 16.3 Å². The molecule has 0 saturated heterocycles. The first-order valence-corrected chi connectivity index (χ1v) is 6.07. The van der Waals surface area contributed by atoms with Crippen LogP contribution in [0.15, 0.2) is 36.5 Å². The summed E-state index contributed by atoms with van der Waals surface area (Å²) in [5.41, 5.74) is 0.881. The molecule has 1 aromatic carbocycles. The minimum absolute atomic E-state index is 0.316. The summed E-state index contributed by atoms with van der Waals surface area (Å²) in [6.45, 7) is 0. The van der Waals surface area contributed by atoms with Crippen LogP contribution in [0.25, 0.3) is 0 Å². The lowest BCUT2D eigenvalue weighted by atomic mass is 10.2. The third-order valence-corrected chi connectivity index (χ3v) is 2.94. The summed E-state index contributed by atoms with van der Waals surface area (Å²) in [4.78, 5) is 15.7. The van der Waals surface area contributed by atoms with Crippen LogP contribution < -0.4 is 5.32 Å². The van der Waals surface area contributed by atoms with Crippen LogP contribution in [0.1, 0.15) is 10.4 Å². The molecule has 0 bridgehead atoms. The smallest absolute Gasteiger partial charge is 0.257 e.